The van der Waals surface area contributed by atoms with Gasteiger partial charge in [0.25, 0.3) is 5.56 Å². The fourth-order valence-electron chi connectivity index (χ4n) is 3.10. The fourth-order valence-corrected chi connectivity index (χ4v) is 3.10. The molecule has 0 aliphatic rings. The minimum absolute atomic E-state index is 0.0986. The minimum atomic E-state index is -0.0986. The first kappa shape index (κ1) is 17.7. The maximum absolute atomic E-state index is 12.4. The zero-order chi connectivity index (χ0) is 19.5. The minimum Gasteiger partial charge on any atom is -0.494 e. The van der Waals surface area contributed by atoms with Gasteiger partial charge in [-0.15, -0.1) is 5.10 Å². The number of rotatable bonds is 6. The largest absolute Gasteiger partial charge is 0.494 e. The molecule has 28 heavy (non-hydrogen) atoms. The molecule has 2 heterocycles. The zero-order valence-corrected chi connectivity index (χ0v) is 15.6. The van der Waals surface area contributed by atoms with Crippen LogP contribution in [0.3, 0.4) is 0 Å². The highest BCUT2D eigenvalue weighted by atomic mass is 16.5. The summed E-state index contributed by atoms with van der Waals surface area (Å²) in [6, 6.07) is 13.6. The summed E-state index contributed by atoms with van der Waals surface area (Å²) in [5, 5.41) is 15.6. The second kappa shape index (κ2) is 7.51. The summed E-state index contributed by atoms with van der Waals surface area (Å²) in [5.74, 6) is 0.647. The molecular weight excluding hydrogens is 356 g/mol. The van der Waals surface area contributed by atoms with Gasteiger partial charge in [-0.1, -0.05) is 13.0 Å². The molecule has 0 radical (unpaired) electrons. The lowest BCUT2D eigenvalue weighted by Crippen LogP contribution is -2.15. The van der Waals surface area contributed by atoms with Crippen LogP contribution in [0.5, 0.6) is 5.75 Å². The smallest absolute Gasteiger partial charge is 0.253 e. The van der Waals surface area contributed by atoms with E-state index in [9.17, 15) is 4.79 Å². The van der Waals surface area contributed by atoms with Crippen LogP contribution in [0.4, 0.5) is 5.69 Å². The number of aromatic amines is 1. The maximum atomic E-state index is 12.4. The van der Waals surface area contributed by atoms with Crippen LogP contribution in [-0.4, -0.2) is 32.3 Å². The van der Waals surface area contributed by atoms with Crippen molar-refractivity contribution in [2.75, 3.05) is 12.4 Å². The molecule has 0 atom stereocenters. The summed E-state index contributed by atoms with van der Waals surface area (Å²) < 4.78 is 6.90. The fraction of sp³-hybridized carbons (Fsp3) is 0.200. The van der Waals surface area contributed by atoms with Gasteiger partial charge < -0.3 is 15.0 Å². The maximum Gasteiger partial charge on any atom is 0.253 e. The van der Waals surface area contributed by atoms with Crippen molar-refractivity contribution in [2.45, 2.75) is 19.9 Å². The number of methoxy groups -OCH3 is 1. The highest BCUT2D eigenvalue weighted by Gasteiger charge is 2.09. The Balaban J connectivity index is 1.61. The second-order valence-electron chi connectivity index (χ2n) is 6.39. The summed E-state index contributed by atoms with van der Waals surface area (Å²) in [6.07, 6.45) is 2.45. The molecule has 0 saturated carbocycles. The van der Waals surface area contributed by atoms with Crippen molar-refractivity contribution in [1.29, 1.82) is 0 Å². The van der Waals surface area contributed by atoms with E-state index in [4.69, 9.17) is 4.74 Å². The Bertz CT molecular complexity index is 1170. The number of H-pyrrole nitrogens is 1. The van der Waals surface area contributed by atoms with E-state index >= 15 is 0 Å². The summed E-state index contributed by atoms with van der Waals surface area (Å²) in [6.45, 7) is 2.50. The van der Waals surface area contributed by atoms with Crippen LogP contribution in [0.1, 0.15) is 18.1 Å². The van der Waals surface area contributed by atoms with Gasteiger partial charge in [0.2, 0.25) is 0 Å². The molecule has 8 heteroatoms. The van der Waals surface area contributed by atoms with Crippen molar-refractivity contribution in [3.63, 3.8) is 0 Å². The van der Waals surface area contributed by atoms with Crippen molar-refractivity contribution in [2.24, 2.45) is 0 Å². The molecule has 0 amide bonds. The van der Waals surface area contributed by atoms with Crippen molar-refractivity contribution < 1.29 is 4.74 Å². The standard InChI is InChI=1S/C20H20N6O2/c1-3-13-4-6-17-14(8-13)9-15(20(27)23-17)11-21-16-5-7-19(28-2)18(10-16)26-12-22-24-25-26/h4-10,12,21H,3,11H2,1-2H3,(H,23,27). The summed E-state index contributed by atoms with van der Waals surface area (Å²) >= 11 is 0. The van der Waals surface area contributed by atoms with Gasteiger partial charge in [-0.25, -0.2) is 0 Å². The molecule has 0 saturated heterocycles. The summed E-state index contributed by atoms with van der Waals surface area (Å²) in [4.78, 5) is 15.4. The molecule has 142 valence electrons. The van der Waals surface area contributed by atoms with Gasteiger partial charge in [-0.2, -0.15) is 4.68 Å². The molecule has 0 bridgehead atoms. The van der Waals surface area contributed by atoms with E-state index < -0.39 is 0 Å². The number of nitrogens with zero attached hydrogens (tertiary/aromatic N) is 4. The van der Waals surface area contributed by atoms with Gasteiger partial charge in [0, 0.05) is 23.3 Å². The number of benzene rings is 2. The number of aryl methyl sites for hydroxylation is 1. The van der Waals surface area contributed by atoms with Gasteiger partial charge in [-0.3, -0.25) is 4.79 Å². The van der Waals surface area contributed by atoms with Gasteiger partial charge in [0.15, 0.2) is 0 Å². The molecule has 2 aromatic heterocycles. The third kappa shape index (κ3) is 3.44. The Morgan fingerprint density at radius 3 is 2.82 bits per heavy atom. The predicted octanol–water partition coefficient (Wildman–Crippen LogP) is 2.69. The Morgan fingerprint density at radius 1 is 1.18 bits per heavy atom. The number of pyridine rings is 1. The molecule has 0 fully saturated rings. The molecule has 0 aliphatic heterocycles. The molecule has 0 unspecified atom stereocenters. The molecular formula is C20H20N6O2. The Labute approximate surface area is 161 Å². The third-order valence-electron chi connectivity index (χ3n) is 4.65. The van der Waals surface area contributed by atoms with Crippen LogP contribution in [0.2, 0.25) is 0 Å². The SMILES string of the molecule is CCc1ccc2[nH]c(=O)c(CNc3ccc(OC)c(-n4cnnn4)c3)cc2c1. The average Bonchev–Trinajstić information content (AvgIpc) is 3.26. The van der Waals surface area contributed by atoms with E-state index in [0.29, 0.717) is 23.5 Å². The van der Waals surface area contributed by atoms with E-state index in [1.165, 1.54) is 16.6 Å². The molecule has 4 aromatic rings. The molecule has 2 aromatic carbocycles. The number of aromatic nitrogens is 5. The van der Waals surface area contributed by atoms with Gasteiger partial charge >= 0.3 is 0 Å². The average molecular weight is 376 g/mol. The highest BCUT2D eigenvalue weighted by Crippen LogP contribution is 2.25. The normalized spacial score (nSPS) is 10.9. The lowest BCUT2D eigenvalue weighted by Gasteiger charge is -2.12. The Hall–Kier alpha value is -3.68. The first-order chi connectivity index (χ1) is 13.7. The number of fused-ring (bicyclic) bond motifs is 1. The summed E-state index contributed by atoms with van der Waals surface area (Å²) in [7, 11) is 1.59. The van der Waals surface area contributed by atoms with Gasteiger partial charge in [-0.05, 0) is 64.2 Å². The Morgan fingerprint density at radius 2 is 2.07 bits per heavy atom. The van der Waals surface area contributed by atoms with Crippen LogP contribution in [0.15, 0.2) is 53.6 Å². The molecule has 4 rings (SSSR count). The van der Waals surface area contributed by atoms with Crippen molar-refractivity contribution >= 4 is 16.6 Å². The number of anilines is 1. The van der Waals surface area contributed by atoms with Crippen molar-refractivity contribution in [3.8, 4) is 11.4 Å². The van der Waals surface area contributed by atoms with Gasteiger partial charge in [0.05, 0.1) is 7.11 Å². The van der Waals surface area contributed by atoms with E-state index in [0.717, 1.165) is 23.0 Å². The molecule has 2 N–H and O–H groups in total. The van der Waals surface area contributed by atoms with E-state index in [1.54, 1.807) is 7.11 Å². The lowest BCUT2D eigenvalue weighted by molar-refractivity contribution is 0.411. The number of ether oxygens (including phenoxy) is 1. The number of tetrazole rings is 1. The van der Waals surface area contributed by atoms with Crippen LogP contribution >= 0.6 is 0 Å². The second-order valence-corrected chi connectivity index (χ2v) is 6.39. The van der Waals surface area contributed by atoms with E-state index in [2.05, 4.69) is 38.8 Å². The number of hydrogen-bond acceptors (Lipinski definition) is 6. The predicted molar refractivity (Wildman–Crippen MR) is 107 cm³/mol. The van der Waals surface area contributed by atoms with Gasteiger partial charge in [0.1, 0.15) is 17.8 Å². The first-order valence-corrected chi connectivity index (χ1v) is 8.98. The lowest BCUT2D eigenvalue weighted by atomic mass is 10.1. The van der Waals surface area contributed by atoms with Crippen LogP contribution in [-0.2, 0) is 13.0 Å². The molecule has 0 spiro atoms. The van der Waals surface area contributed by atoms with E-state index in [1.807, 2.05) is 36.4 Å². The first-order valence-electron chi connectivity index (χ1n) is 8.98. The quantitative estimate of drug-likeness (QED) is 0.537. The monoisotopic (exact) mass is 376 g/mol. The highest BCUT2D eigenvalue weighted by molar-refractivity contribution is 5.79. The number of hydrogen-bond donors (Lipinski definition) is 2. The third-order valence-corrected chi connectivity index (χ3v) is 4.65. The van der Waals surface area contributed by atoms with Crippen molar-refractivity contribution in [3.05, 3.63) is 70.3 Å². The Kier molecular flexibility index (Phi) is 4.76. The summed E-state index contributed by atoms with van der Waals surface area (Å²) in [5.41, 5.74) is 4.18. The van der Waals surface area contributed by atoms with Crippen molar-refractivity contribution in [1.82, 2.24) is 25.2 Å². The van der Waals surface area contributed by atoms with Crippen LogP contribution in [0, 0.1) is 0 Å². The zero-order valence-electron chi connectivity index (χ0n) is 15.6. The molecule has 0 aliphatic carbocycles. The van der Waals surface area contributed by atoms with E-state index in [-0.39, 0.29) is 5.56 Å². The van der Waals surface area contributed by atoms with Crippen LogP contribution in [0.25, 0.3) is 16.6 Å². The molecule has 8 nitrogen and oxygen atoms in total. The number of nitrogens with one attached hydrogen (secondary N) is 2. The van der Waals surface area contributed by atoms with Crippen LogP contribution < -0.4 is 15.6 Å². The topological polar surface area (TPSA) is 97.7 Å².